The second kappa shape index (κ2) is 4.59. The van der Waals surface area contributed by atoms with Crippen LogP contribution in [0.3, 0.4) is 0 Å². The van der Waals surface area contributed by atoms with Gasteiger partial charge in [-0.25, -0.2) is 0 Å². The van der Waals surface area contributed by atoms with E-state index in [1.54, 1.807) is 6.07 Å². The van der Waals surface area contributed by atoms with Crippen molar-refractivity contribution in [2.45, 2.75) is 6.04 Å². The van der Waals surface area contributed by atoms with Gasteiger partial charge in [0.2, 0.25) is 0 Å². The van der Waals surface area contributed by atoms with Gasteiger partial charge in [0.05, 0.1) is 14.7 Å². The van der Waals surface area contributed by atoms with E-state index in [1.807, 2.05) is 30.3 Å². The molecule has 1 aromatic carbocycles. The number of hydrogen-bond donors (Lipinski definition) is 1. The van der Waals surface area contributed by atoms with Crippen LogP contribution in [0.5, 0.6) is 0 Å². The minimum atomic E-state index is -0.395. The van der Waals surface area contributed by atoms with Crippen molar-refractivity contribution in [1.29, 1.82) is 0 Å². The Kier molecular flexibility index (Phi) is 3.08. The molecule has 3 rings (SSSR count). The average Bonchev–Trinajstić information content (AvgIpc) is 2.91. The summed E-state index contributed by atoms with van der Waals surface area (Å²) in [7, 11) is 0. The van der Waals surface area contributed by atoms with Gasteiger partial charge in [0.1, 0.15) is 11.3 Å². The molecule has 2 heterocycles. The molecule has 0 saturated carbocycles. The molecule has 2 nitrogen and oxygen atoms in total. The molecule has 0 bridgehead atoms. The van der Waals surface area contributed by atoms with Crippen LogP contribution < -0.4 is 5.73 Å². The van der Waals surface area contributed by atoms with Gasteiger partial charge in [-0.05, 0) is 18.2 Å². The summed E-state index contributed by atoms with van der Waals surface area (Å²) in [5, 5.41) is 1.03. The largest absolute Gasteiger partial charge is 0.459 e. The van der Waals surface area contributed by atoms with Crippen molar-refractivity contribution in [2.75, 3.05) is 0 Å². The number of hydrogen-bond acceptors (Lipinski definition) is 3. The summed E-state index contributed by atoms with van der Waals surface area (Å²) in [6, 6.07) is 11.1. The van der Waals surface area contributed by atoms with Crippen LogP contribution in [0.25, 0.3) is 11.0 Å². The van der Waals surface area contributed by atoms with Crippen LogP contribution in [0, 0.1) is 0 Å². The monoisotopic (exact) mass is 297 g/mol. The molecule has 92 valence electrons. The van der Waals surface area contributed by atoms with Crippen molar-refractivity contribution in [3.8, 4) is 0 Å². The molecule has 3 aromatic rings. The first-order valence-corrected chi connectivity index (χ1v) is 6.91. The highest BCUT2D eigenvalue weighted by atomic mass is 35.5. The van der Waals surface area contributed by atoms with Gasteiger partial charge in [-0.3, -0.25) is 0 Å². The molecule has 0 spiro atoms. The van der Waals surface area contributed by atoms with Crippen LogP contribution in [0.4, 0.5) is 0 Å². The maximum atomic E-state index is 6.16. The molecule has 2 aromatic heterocycles. The summed E-state index contributed by atoms with van der Waals surface area (Å²) in [6.45, 7) is 0. The Bertz CT molecular complexity index is 671. The molecule has 0 aliphatic heterocycles. The lowest BCUT2D eigenvalue weighted by molar-refractivity contribution is 0.525. The number of para-hydroxylation sites is 1. The van der Waals surface area contributed by atoms with Gasteiger partial charge in [-0.2, -0.15) is 0 Å². The third-order valence-electron chi connectivity index (χ3n) is 2.77. The van der Waals surface area contributed by atoms with Gasteiger partial charge >= 0.3 is 0 Å². The van der Waals surface area contributed by atoms with Crippen LogP contribution in [-0.4, -0.2) is 0 Å². The van der Waals surface area contributed by atoms with E-state index >= 15 is 0 Å². The van der Waals surface area contributed by atoms with E-state index < -0.39 is 6.04 Å². The lowest BCUT2D eigenvalue weighted by Gasteiger charge is -2.06. The fourth-order valence-corrected chi connectivity index (χ4v) is 3.42. The Morgan fingerprint density at radius 3 is 2.61 bits per heavy atom. The quantitative estimate of drug-likeness (QED) is 0.734. The standard InChI is InChI=1S/C13H9Cl2NOS/c14-11-6-8(13(15)18-11)12(16)10-5-7-3-1-2-4-9(7)17-10/h1-6,12H,16H2. The Morgan fingerprint density at radius 2 is 1.94 bits per heavy atom. The van der Waals surface area contributed by atoms with Gasteiger partial charge in [0.15, 0.2) is 0 Å². The zero-order chi connectivity index (χ0) is 12.7. The van der Waals surface area contributed by atoms with Crippen molar-refractivity contribution < 1.29 is 4.42 Å². The Balaban J connectivity index is 2.06. The van der Waals surface area contributed by atoms with Crippen LogP contribution in [-0.2, 0) is 0 Å². The van der Waals surface area contributed by atoms with Crippen LogP contribution in [0.1, 0.15) is 17.4 Å². The maximum Gasteiger partial charge on any atom is 0.134 e. The molecule has 0 fully saturated rings. The Hall–Kier alpha value is -1.00. The van der Waals surface area contributed by atoms with E-state index in [0.717, 1.165) is 16.5 Å². The molecule has 5 heteroatoms. The van der Waals surface area contributed by atoms with Crippen molar-refractivity contribution in [1.82, 2.24) is 0 Å². The van der Waals surface area contributed by atoms with Gasteiger partial charge in [0.25, 0.3) is 0 Å². The lowest BCUT2D eigenvalue weighted by Crippen LogP contribution is -2.10. The number of nitrogens with two attached hydrogens (primary N) is 1. The first-order chi connectivity index (χ1) is 8.65. The van der Waals surface area contributed by atoms with Gasteiger partial charge in [-0.1, -0.05) is 41.4 Å². The zero-order valence-electron chi connectivity index (χ0n) is 9.19. The van der Waals surface area contributed by atoms with Crippen molar-refractivity contribution in [3.05, 3.63) is 56.4 Å². The van der Waals surface area contributed by atoms with E-state index in [2.05, 4.69) is 0 Å². The SMILES string of the molecule is NC(c1cc2ccccc2o1)c1cc(Cl)sc1Cl. The summed E-state index contributed by atoms with van der Waals surface area (Å²) >= 11 is 13.3. The van der Waals surface area contributed by atoms with Crippen molar-refractivity contribution in [2.24, 2.45) is 5.73 Å². The molecule has 0 radical (unpaired) electrons. The molecular formula is C13H9Cl2NOS. The first-order valence-electron chi connectivity index (χ1n) is 5.34. The fourth-order valence-electron chi connectivity index (χ4n) is 1.87. The summed E-state index contributed by atoms with van der Waals surface area (Å²) in [5.41, 5.74) is 7.78. The highest BCUT2D eigenvalue weighted by Gasteiger charge is 2.19. The number of thiophene rings is 1. The third kappa shape index (κ3) is 2.04. The number of rotatable bonds is 2. The van der Waals surface area contributed by atoms with Gasteiger partial charge in [-0.15, -0.1) is 11.3 Å². The lowest BCUT2D eigenvalue weighted by atomic mass is 10.1. The van der Waals surface area contributed by atoms with Gasteiger partial charge < -0.3 is 10.2 Å². The molecule has 0 aliphatic carbocycles. The smallest absolute Gasteiger partial charge is 0.134 e. The van der Waals surface area contributed by atoms with E-state index in [-0.39, 0.29) is 0 Å². The second-order valence-corrected chi connectivity index (χ2v) is 6.23. The first kappa shape index (κ1) is 12.1. The molecule has 0 amide bonds. The van der Waals surface area contributed by atoms with Crippen LogP contribution in [0.15, 0.2) is 40.8 Å². The minimum absolute atomic E-state index is 0.395. The van der Waals surface area contributed by atoms with Gasteiger partial charge in [0, 0.05) is 10.9 Å². The topological polar surface area (TPSA) is 39.2 Å². The predicted molar refractivity (Wildman–Crippen MR) is 76.6 cm³/mol. The number of benzene rings is 1. The summed E-state index contributed by atoms with van der Waals surface area (Å²) in [4.78, 5) is 0. The molecule has 18 heavy (non-hydrogen) atoms. The summed E-state index contributed by atoms with van der Waals surface area (Å²) in [6.07, 6.45) is 0. The Morgan fingerprint density at radius 1 is 1.17 bits per heavy atom. The molecular weight excluding hydrogens is 289 g/mol. The highest BCUT2D eigenvalue weighted by Crippen LogP contribution is 2.37. The van der Waals surface area contributed by atoms with E-state index in [1.165, 1.54) is 11.3 Å². The number of halogens is 2. The van der Waals surface area contributed by atoms with E-state index in [4.69, 9.17) is 33.4 Å². The second-order valence-electron chi connectivity index (χ2n) is 3.94. The fraction of sp³-hybridized carbons (Fsp3) is 0.0769. The van der Waals surface area contributed by atoms with Crippen molar-refractivity contribution in [3.63, 3.8) is 0 Å². The van der Waals surface area contributed by atoms with Crippen molar-refractivity contribution >= 4 is 45.5 Å². The number of furan rings is 1. The van der Waals surface area contributed by atoms with E-state index in [0.29, 0.717) is 14.4 Å². The summed E-state index contributed by atoms with van der Waals surface area (Å²) < 4.78 is 6.96. The predicted octanol–water partition coefficient (Wildman–Crippen LogP) is 4.85. The molecule has 1 atom stereocenters. The van der Waals surface area contributed by atoms with Crippen LogP contribution in [0.2, 0.25) is 8.67 Å². The average molecular weight is 298 g/mol. The highest BCUT2D eigenvalue weighted by molar-refractivity contribution is 7.20. The summed E-state index contributed by atoms with van der Waals surface area (Å²) in [5.74, 6) is 0.688. The molecule has 0 aliphatic rings. The molecule has 1 unspecified atom stereocenters. The molecule has 0 saturated heterocycles. The molecule has 2 N–H and O–H groups in total. The number of fused-ring (bicyclic) bond motifs is 1. The minimum Gasteiger partial charge on any atom is -0.459 e. The van der Waals surface area contributed by atoms with E-state index in [9.17, 15) is 0 Å². The normalized spacial score (nSPS) is 13.1. The third-order valence-corrected chi connectivity index (χ3v) is 4.29. The Labute approximate surface area is 118 Å². The maximum absolute atomic E-state index is 6.16. The zero-order valence-corrected chi connectivity index (χ0v) is 11.5. The van der Waals surface area contributed by atoms with Crippen LogP contribution >= 0.6 is 34.5 Å².